The average Bonchev–Trinajstić information content (AvgIpc) is 2.52. The summed E-state index contributed by atoms with van der Waals surface area (Å²) in [6, 6.07) is 5.68. The molecule has 0 bridgehead atoms. The van der Waals surface area contributed by atoms with Gasteiger partial charge in [0.25, 0.3) is 0 Å². The minimum atomic E-state index is -0.341. The van der Waals surface area contributed by atoms with Gasteiger partial charge < -0.3 is 10.2 Å². The number of hydrogen-bond donors (Lipinski definition) is 1. The van der Waals surface area contributed by atoms with Gasteiger partial charge in [-0.2, -0.15) is 0 Å². The third-order valence-electron chi connectivity index (χ3n) is 3.08. The van der Waals surface area contributed by atoms with Gasteiger partial charge in [0.05, 0.1) is 5.52 Å². The van der Waals surface area contributed by atoms with E-state index in [4.69, 9.17) is 10.2 Å². The molecule has 1 aromatic carbocycles. The van der Waals surface area contributed by atoms with E-state index in [0.29, 0.717) is 5.58 Å². The standard InChI is InChI=1S/C14H20N2O2/c1-14(2,3)8-10(15)9-5-6-11-12(7-9)18-13(17)16(11)4/h5-7,10H,8,15H2,1-4H3. The number of oxazole rings is 1. The van der Waals surface area contributed by atoms with Gasteiger partial charge in [0.15, 0.2) is 5.58 Å². The van der Waals surface area contributed by atoms with Crippen LogP contribution in [-0.4, -0.2) is 4.57 Å². The third-order valence-corrected chi connectivity index (χ3v) is 3.08. The highest BCUT2D eigenvalue weighted by Gasteiger charge is 2.18. The average molecular weight is 248 g/mol. The lowest BCUT2D eigenvalue weighted by atomic mass is 9.86. The number of nitrogens with two attached hydrogens (primary N) is 1. The van der Waals surface area contributed by atoms with Crippen molar-refractivity contribution in [3.8, 4) is 0 Å². The number of hydrogen-bond acceptors (Lipinski definition) is 3. The fourth-order valence-corrected chi connectivity index (χ4v) is 2.16. The zero-order valence-electron chi connectivity index (χ0n) is 11.4. The van der Waals surface area contributed by atoms with Crippen molar-refractivity contribution in [1.82, 2.24) is 4.57 Å². The lowest BCUT2D eigenvalue weighted by molar-refractivity contribution is 0.343. The van der Waals surface area contributed by atoms with Crippen molar-refractivity contribution >= 4 is 11.1 Å². The molecule has 1 unspecified atom stereocenters. The summed E-state index contributed by atoms with van der Waals surface area (Å²) in [5.41, 5.74) is 8.77. The number of aromatic nitrogens is 1. The maximum Gasteiger partial charge on any atom is 0.419 e. The summed E-state index contributed by atoms with van der Waals surface area (Å²) in [5, 5.41) is 0. The summed E-state index contributed by atoms with van der Waals surface area (Å²) in [4.78, 5) is 11.4. The molecule has 0 aliphatic heterocycles. The first-order valence-corrected chi connectivity index (χ1v) is 6.13. The largest absolute Gasteiger partial charge is 0.419 e. The smallest absolute Gasteiger partial charge is 0.408 e. The van der Waals surface area contributed by atoms with Gasteiger partial charge in [-0.25, -0.2) is 4.79 Å². The zero-order chi connectivity index (χ0) is 13.5. The van der Waals surface area contributed by atoms with Crippen LogP contribution in [0.25, 0.3) is 11.1 Å². The summed E-state index contributed by atoms with van der Waals surface area (Å²) in [6.07, 6.45) is 0.884. The van der Waals surface area contributed by atoms with Gasteiger partial charge in [0.1, 0.15) is 0 Å². The van der Waals surface area contributed by atoms with Crippen LogP contribution in [-0.2, 0) is 7.05 Å². The highest BCUT2D eigenvalue weighted by molar-refractivity contribution is 5.73. The Labute approximate surface area is 106 Å². The number of benzene rings is 1. The van der Waals surface area contributed by atoms with Crippen molar-refractivity contribution in [2.24, 2.45) is 18.2 Å². The van der Waals surface area contributed by atoms with E-state index in [1.807, 2.05) is 18.2 Å². The summed E-state index contributed by atoms with van der Waals surface area (Å²) >= 11 is 0. The highest BCUT2D eigenvalue weighted by Crippen LogP contribution is 2.28. The first kappa shape index (κ1) is 12.9. The van der Waals surface area contributed by atoms with Crippen LogP contribution < -0.4 is 11.5 Å². The minimum absolute atomic E-state index is 0.0418. The SMILES string of the molecule is Cn1c(=O)oc2cc(C(N)CC(C)(C)C)ccc21. The van der Waals surface area contributed by atoms with Crippen molar-refractivity contribution in [3.63, 3.8) is 0 Å². The maximum atomic E-state index is 11.4. The topological polar surface area (TPSA) is 61.2 Å². The van der Waals surface area contributed by atoms with Gasteiger partial charge in [-0.1, -0.05) is 26.8 Å². The Bertz CT molecular complexity index is 617. The molecule has 0 radical (unpaired) electrons. The molecule has 0 amide bonds. The molecule has 1 heterocycles. The van der Waals surface area contributed by atoms with Crippen molar-refractivity contribution in [2.75, 3.05) is 0 Å². The van der Waals surface area contributed by atoms with Crippen molar-refractivity contribution in [3.05, 3.63) is 34.3 Å². The fraction of sp³-hybridized carbons (Fsp3) is 0.500. The van der Waals surface area contributed by atoms with E-state index in [1.165, 1.54) is 4.57 Å². The Morgan fingerprint density at radius 3 is 2.67 bits per heavy atom. The first-order valence-electron chi connectivity index (χ1n) is 6.13. The molecule has 0 aliphatic rings. The van der Waals surface area contributed by atoms with Crippen molar-refractivity contribution < 1.29 is 4.42 Å². The number of fused-ring (bicyclic) bond motifs is 1. The van der Waals surface area contributed by atoms with Crippen LogP contribution in [0.3, 0.4) is 0 Å². The second kappa shape index (κ2) is 4.28. The van der Waals surface area contributed by atoms with E-state index in [2.05, 4.69) is 20.8 Å². The normalized spacial score (nSPS) is 14.1. The Morgan fingerprint density at radius 1 is 1.39 bits per heavy atom. The number of aryl methyl sites for hydroxylation is 1. The molecule has 0 saturated heterocycles. The molecule has 18 heavy (non-hydrogen) atoms. The van der Waals surface area contributed by atoms with E-state index in [-0.39, 0.29) is 17.2 Å². The van der Waals surface area contributed by atoms with Gasteiger partial charge in [0.2, 0.25) is 0 Å². The predicted molar refractivity (Wildman–Crippen MR) is 72.5 cm³/mol. The van der Waals surface area contributed by atoms with Gasteiger partial charge >= 0.3 is 5.76 Å². The van der Waals surface area contributed by atoms with E-state index in [9.17, 15) is 4.79 Å². The van der Waals surface area contributed by atoms with Crippen LogP contribution in [0.4, 0.5) is 0 Å². The van der Waals surface area contributed by atoms with E-state index >= 15 is 0 Å². The van der Waals surface area contributed by atoms with Crippen molar-refractivity contribution in [2.45, 2.75) is 33.2 Å². The Balaban J connectivity index is 2.38. The Morgan fingerprint density at radius 2 is 2.06 bits per heavy atom. The monoisotopic (exact) mass is 248 g/mol. The second-order valence-corrected chi connectivity index (χ2v) is 6.03. The van der Waals surface area contributed by atoms with Crippen LogP contribution in [0.1, 0.15) is 38.8 Å². The molecule has 1 atom stereocenters. The Hall–Kier alpha value is -1.55. The summed E-state index contributed by atoms with van der Waals surface area (Å²) in [7, 11) is 1.70. The molecule has 2 N–H and O–H groups in total. The van der Waals surface area contributed by atoms with Gasteiger partial charge in [0, 0.05) is 13.1 Å². The third kappa shape index (κ3) is 2.48. The number of rotatable bonds is 2. The molecule has 1 aromatic heterocycles. The summed E-state index contributed by atoms with van der Waals surface area (Å²) < 4.78 is 6.67. The lowest BCUT2D eigenvalue weighted by Gasteiger charge is -2.23. The maximum absolute atomic E-state index is 11.4. The molecule has 0 spiro atoms. The molecule has 2 aromatic rings. The number of nitrogens with zero attached hydrogens (tertiary/aromatic N) is 1. The van der Waals surface area contributed by atoms with E-state index in [0.717, 1.165) is 17.5 Å². The molecular weight excluding hydrogens is 228 g/mol. The zero-order valence-corrected chi connectivity index (χ0v) is 11.4. The van der Waals surface area contributed by atoms with Crippen LogP contribution in [0.15, 0.2) is 27.4 Å². The molecule has 4 heteroatoms. The molecule has 0 aliphatic carbocycles. The fourth-order valence-electron chi connectivity index (χ4n) is 2.16. The molecule has 0 fully saturated rings. The summed E-state index contributed by atoms with van der Waals surface area (Å²) in [5.74, 6) is -0.341. The van der Waals surface area contributed by atoms with Crippen LogP contribution >= 0.6 is 0 Å². The first-order chi connectivity index (χ1) is 8.28. The summed E-state index contributed by atoms with van der Waals surface area (Å²) in [6.45, 7) is 6.48. The predicted octanol–water partition coefficient (Wildman–Crippen LogP) is 2.57. The van der Waals surface area contributed by atoms with Crippen LogP contribution in [0, 0.1) is 5.41 Å². The van der Waals surface area contributed by atoms with Gasteiger partial charge in [-0.3, -0.25) is 4.57 Å². The Kier molecular flexibility index (Phi) is 3.07. The van der Waals surface area contributed by atoms with E-state index < -0.39 is 0 Å². The lowest BCUT2D eigenvalue weighted by Crippen LogP contribution is -2.18. The molecule has 4 nitrogen and oxygen atoms in total. The highest BCUT2D eigenvalue weighted by atomic mass is 16.4. The molecule has 98 valence electrons. The van der Waals surface area contributed by atoms with Gasteiger partial charge in [-0.15, -0.1) is 0 Å². The molecule has 0 saturated carbocycles. The molecular formula is C14H20N2O2. The van der Waals surface area contributed by atoms with E-state index in [1.54, 1.807) is 7.05 Å². The van der Waals surface area contributed by atoms with Crippen molar-refractivity contribution in [1.29, 1.82) is 0 Å². The quantitative estimate of drug-likeness (QED) is 0.888. The van der Waals surface area contributed by atoms with Crippen LogP contribution in [0.2, 0.25) is 0 Å². The second-order valence-electron chi connectivity index (χ2n) is 6.03. The van der Waals surface area contributed by atoms with Crippen LogP contribution in [0.5, 0.6) is 0 Å². The molecule has 2 rings (SSSR count). The minimum Gasteiger partial charge on any atom is -0.408 e. The van der Waals surface area contributed by atoms with Gasteiger partial charge in [-0.05, 0) is 29.5 Å².